The van der Waals surface area contributed by atoms with Gasteiger partial charge in [-0.05, 0) is 19.3 Å². The Hall–Kier alpha value is -1.03. The predicted molar refractivity (Wildman–Crippen MR) is 56.7 cm³/mol. The van der Waals surface area contributed by atoms with Gasteiger partial charge in [-0.3, -0.25) is 0 Å². The van der Waals surface area contributed by atoms with Gasteiger partial charge in [-0.1, -0.05) is 13.8 Å². The Morgan fingerprint density at radius 1 is 1.60 bits per heavy atom. The molecule has 1 heterocycles. The van der Waals surface area contributed by atoms with E-state index in [4.69, 9.17) is 9.15 Å². The molecule has 1 N–H and O–H groups in total. The van der Waals surface area contributed by atoms with Crippen molar-refractivity contribution in [1.82, 2.24) is 10.3 Å². The Balaban J connectivity index is 1.80. The molecule has 15 heavy (non-hydrogen) atoms. The van der Waals surface area contributed by atoms with E-state index in [1.165, 1.54) is 6.42 Å². The Labute approximate surface area is 90.0 Å². The quantitative estimate of drug-likeness (QED) is 0.808. The zero-order valence-electron chi connectivity index (χ0n) is 9.32. The average molecular weight is 210 g/mol. The van der Waals surface area contributed by atoms with Gasteiger partial charge in [0, 0.05) is 12.6 Å². The Kier molecular flexibility index (Phi) is 3.26. The van der Waals surface area contributed by atoms with Gasteiger partial charge in [0.25, 0.3) is 0 Å². The van der Waals surface area contributed by atoms with Gasteiger partial charge in [0.1, 0.15) is 12.4 Å². The van der Waals surface area contributed by atoms with Crippen molar-refractivity contribution >= 4 is 0 Å². The molecule has 0 unspecified atom stereocenters. The predicted octanol–water partition coefficient (Wildman–Crippen LogP) is 2.10. The summed E-state index contributed by atoms with van der Waals surface area (Å²) in [6, 6.07) is 0.456. The van der Waals surface area contributed by atoms with Crippen LogP contribution in [0.2, 0.25) is 0 Å². The van der Waals surface area contributed by atoms with Gasteiger partial charge in [-0.2, -0.15) is 4.98 Å². The minimum absolute atomic E-state index is 0.328. The minimum atomic E-state index is 0.328. The summed E-state index contributed by atoms with van der Waals surface area (Å²) in [6.45, 7) is 4.94. The maximum Gasteiger partial charge on any atom is 0.394 e. The second-order valence-electron chi connectivity index (χ2n) is 4.31. The second-order valence-corrected chi connectivity index (χ2v) is 4.31. The van der Waals surface area contributed by atoms with E-state index in [2.05, 4.69) is 24.1 Å². The van der Waals surface area contributed by atoms with Crippen molar-refractivity contribution in [3.05, 3.63) is 12.0 Å². The number of nitrogens with one attached hydrogen (secondary N) is 1. The van der Waals surface area contributed by atoms with Crippen molar-refractivity contribution in [3.8, 4) is 6.08 Å². The third-order valence-corrected chi connectivity index (χ3v) is 2.54. The highest BCUT2D eigenvalue weighted by atomic mass is 16.6. The molecular formula is C11H18N2O2. The van der Waals surface area contributed by atoms with Crippen molar-refractivity contribution in [2.45, 2.75) is 51.8 Å². The van der Waals surface area contributed by atoms with E-state index in [9.17, 15) is 0 Å². The molecule has 0 amide bonds. The largest absolute Gasteiger partial charge is 0.447 e. The Morgan fingerprint density at radius 2 is 2.40 bits per heavy atom. The standard InChI is InChI=1S/C11H18N2O2/c1-8(2)12-6-9-7-14-11(13-9)15-10-4-3-5-10/h7-8,10,12H,3-6H2,1-2H3. The summed E-state index contributed by atoms with van der Waals surface area (Å²) in [4.78, 5) is 4.25. The number of ether oxygens (including phenoxy) is 1. The van der Waals surface area contributed by atoms with Crippen LogP contribution in [-0.2, 0) is 6.54 Å². The highest BCUT2D eigenvalue weighted by Gasteiger charge is 2.21. The maximum atomic E-state index is 5.53. The van der Waals surface area contributed by atoms with E-state index >= 15 is 0 Å². The molecule has 0 radical (unpaired) electrons. The van der Waals surface area contributed by atoms with Gasteiger partial charge in [0.2, 0.25) is 0 Å². The Morgan fingerprint density at radius 3 is 3.00 bits per heavy atom. The summed E-state index contributed by atoms with van der Waals surface area (Å²) in [5.41, 5.74) is 0.901. The first kappa shape index (κ1) is 10.5. The SMILES string of the molecule is CC(C)NCc1coc(OC2CCC2)n1. The Bertz CT molecular complexity index is 305. The molecule has 0 aromatic carbocycles. The first-order valence-electron chi connectivity index (χ1n) is 5.58. The fraction of sp³-hybridized carbons (Fsp3) is 0.727. The number of rotatable bonds is 5. The highest BCUT2D eigenvalue weighted by Crippen LogP contribution is 2.24. The smallest absolute Gasteiger partial charge is 0.394 e. The lowest BCUT2D eigenvalue weighted by Crippen LogP contribution is -2.25. The van der Waals surface area contributed by atoms with Crippen molar-refractivity contribution in [1.29, 1.82) is 0 Å². The molecule has 0 aliphatic heterocycles. The number of nitrogens with zero attached hydrogens (tertiary/aromatic N) is 1. The summed E-state index contributed by atoms with van der Waals surface area (Å²) in [6.07, 6.45) is 5.91. The van der Waals surface area contributed by atoms with Crippen LogP contribution in [0.4, 0.5) is 0 Å². The van der Waals surface area contributed by atoms with Crippen LogP contribution in [-0.4, -0.2) is 17.1 Å². The zero-order chi connectivity index (χ0) is 10.7. The van der Waals surface area contributed by atoms with E-state index in [1.54, 1.807) is 6.26 Å². The number of hydrogen-bond donors (Lipinski definition) is 1. The molecule has 1 aromatic rings. The summed E-state index contributed by atoms with van der Waals surface area (Å²) < 4.78 is 10.8. The van der Waals surface area contributed by atoms with Crippen LogP contribution in [0.5, 0.6) is 6.08 Å². The molecular weight excluding hydrogens is 192 g/mol. The number of hydrogen-bond acceptors (Lipinski definition) is 4. The fourth-order valence-corrected chi connectivity index (χ4v) is 1.36. The first-order chi connectivity index (χ1) is 7.24. The number of oxazole rings is 1. The van der Waals surface area contributed by atoms with Gasteiger partial charge in [-0.25, -0.2) is 0 Å². The van der Waals surface area contributed by atoms with Crippen LogP contribution in [0, 0.1) is 0 Å². The lowest BCUT2D eigenvalue weighted by Gasteiger charge is -2.23. The third kappa shape index (κ3) is 2.96. The van der Waals surface area contributed by atoms with Crippen LogP contribution in [0.3, 0.4) is 0 Å². The minimum Gasteiger partial charge on any atom is -0.447 e. The second kappa shape index (κ2) is 4.66. The van der Waals surface area contributed by atoms with Crippen LogP contribution < -0.4 is 10.1 Å². The summed E-state index contributed by atoms with van der Waals surface area (Å²) >= 11 is 0. The maximum absolute atomic E-state index is 5.53. The highest BCUT2D eigenvalue weighted by molar-refractivity contribution is 5.00. The van der Waals surface area contributed by atoms with Crippen molar-refractivity contribution in [2.75, 3.05) is 0 Å². The molecule has 2 rings (SSSR count). The summed E-state index contributed by atoms with van der Waals surface area (Å²) in [7, 11) is 0. The van der Waals surface area contributed by atoms with Gasteiger partial charge in [-0.15, -0.1) is 0 Å². The normalized spacial score (nSPS) is 16.7. The van der Waals surface area contributed by atoms with Crippen molar-refractivity contribution < 1.29 is 9.15 Å². The summed E-state index contributed by atoms with van der Waals surface area (Å²) in [5.74, 6) is 0. The van der Waals surface area contributed by atoms with E-state index in [1.807, 2.05) is 0 Å². The van der Waals surface area contributed by atoms with Gasteiger partial charge >= 0.3 is 6.08 Å². The van der Waals surface area contributed by atoms with Crippen LogP contribution in [0.1, 0.15) is 38.8 Å². The molecule has 1 aliphatic rings. The van der Waals surface area contributed by atoms with Crippen LogP contribution in [0.25, 0.3) is 0 Å². The molecule has 1 fully saturated rings. The molecule has 1 aromatic heterocycles. The third-order valence-electron chi connectivity index (χ3n) is 2.54. The molecule has 0 atom stereocenters. The van der Waals surface area contributed by atoms with Crippen LogP contribution in [0.15, 0.2) is 10.7 Å². The lowest BCUT2D eigenvalue weighted by molar-refractivity contribution is 0.0834. The van der Waals surface area contributed by atoms with Gasteiger partial charge in [0.15, 0.2) is 0 Å². The molecule has 84 valence electrons. The summed E-state index contributed by atoms with van der Waals surface area (Å²) in [5, 5.41) is 3.28. The molecule has 0 saturated heterocycles. The van der Waals surface area contributed by atoms with E-state index < -0.39 is 0 Å². The topological polar surface area (TPSA) is 47.3 Å². The molecule has 1 aliphatic carbocycles. The molecule has 4 heteroatoms. The van der Waals surface area contributed by atoms with E-state index in [0.717, 1.165) is 25.1 Å². The molecule has 4 nitrogen and oxygen atoms in total. The fourth-order valence-electron chi connectivity index (χ4n) is 1.36. The van der Waals surface area contributed by atoms with E-state index in [0.29, 0.717) is 18.2 Å². The van der Waals surface area contributed by atoms with Crippen molar-refractivity contribution in [2.24, 2.45) is 0 Å². The number of aromatic nitrogens is 1. The zero-order valence-corrected chi connectivity index (χ0v) is 9.32. The first-order valence-corrected chi connectivity index (χ1v) is 5.58. The lowest BCUT2D eigenvalue weighted by atomic mass is 9.96. The van der Waals surface area contributed by atoms with E-state index in [-0.39, 0.29) is 0 Å². The molecule has 1 saturated carbocycles. The van der Waals surface area contributed by atoms with Gasteiger partial charge < -0.3 is 14.5 Å². The average Bonchev–Trinajstić information content (AvgIpc) is 2.56. The van der Waals surface area contributed by atoms with Crippen LogP contribution >= 0.6 is 0 Å². The molecule has 0 spiro atoms. The van der Waals surface area contributed by atoms with Crippen molar-refractivity contribution in [3.63, 3.8) is 0 Å². The molecule has 0 bridgehead atoms. The monoisotopic (exact) mass is 210 g/mol. The van der Waals surface area contributed by atoms with Gasteiger partial charge in [0.05, 0.1) is 5.69 Å².